The van der Waals surface area contributed by atoms with E-state index >= 15 is 0 Å². The predicted molar refractivity (Wildman–Crippen MR) is 131 cm³/mol. The SMILES string of the molecule is CCOc1cccc(C2c3c(-c4cc(C)ccc4O)n[nH]c3C(=O)N2Cc2cccnc2)c1.Cl. The van der Waals surface area contributed by atoms with Crippen molar-refractivity contribution in [3.63, 3.8) is 0 Å². The number of halogens is 1. The zero-order valence-corrected chi connectivity index (χ0v) is 19.7. The molecule has 34 heavy (non-hydrogen) atoms. The van der Waals surface area contributed by atoms with Crippen LogP contribution < -0.4 is 4.74 Å². The molecule has 2 aromatic carbocycles. The molecule has 0 saturated carbocycles. The lowest BCUT2D eigenvalue weighted by Gasteiger charge is -2.27. The molecule has 3 heterocycles. The van der Waals surface area contributed by atoms with Crippen molar-refractivity contribution < 1.29 is 14.6 Å². The summed E-state index contributed by atoms with van der Waals surface area (Å²) in [5.41, 5.74) is 5.17. The Bertz CT molecular complexity index is 1320. The molecule has 5 rings (SSSR count). The van der Waals surface area contributed by atoms with Crippen molar-refractivity contribution in [2.75, 3.05) is 6.61 Å². The number of fused-ring (bicyclic) bond motifs is 1. The molecule has 4 aromatic rings. The number of benzene rings is 2. The molecular formula is C26H25ClN4O3. The minimum atomic E-state index is -0.401. The van der Waals surface area contributed by atoms with E-state index in [0.717, 1.165) is 28.0 Å². The van der Waals surface area contributed by atoms with Gasteiger partial charge in [0.2, 0.25) is 0 Å². The molecule has 1 aliphatic rings. The lowest BCUT2D eigenvalue weighted by atomic mass is 9.95. The second-order valence-corrected chi connectivity index (χ2v) is 8.08. The van der Waals surface area contributed by atoms with Crippen LogP contribution >= 0.6 is 12.4 Å². The monoisotopic (exact) mass is 476 g/mol. The van der Waals surface area contributed by atoms with E-state index in [2.05, 4.69) is 15.2 Å². The maximum atomic E-state index is 13.5. The standard InChI is InChI=1S/C26H24N4O3.ClH/c1-3-33-19-8-4-7-18(13-19)25-22-23(20-12-16(2)9-10-21(20)31)28-29-24(22)26(32)30(25)15-17-6-5-11-27-14-17;/h4-14,25,31H,3,15H2,1-2H3,(H,28,29);1H. The van der Waals surface area contributed by atoms with Gasteiger partial charge in [-0.3, -0.25) is 14.9 Å². The first kappa shape index (κ1) is 23.3. The summed E-state index contributed by atoms with van der Waals surface area (Å²) in [5, 5.41) is 18.0. The number of pyridine rings is 1. The Hall–Kier alpha value is -3.84. The van der Waals surface area contributed by atoms with Gasteiger partial charge < -0.3 is 14.7 Å². The molecule has 2 N–H and O–H groups in total. The highest BCUT2D eigenvalue weighted by atomic mass is 35.5. The third-order valence-electron chi connectivity index (χ3n) is 5.83. The Balaban J connectivity index is 0.00000274. The van der Waals surface area contributed by atoms with Gasteiger partial charge in [-0.2, -0.15) is 5.10 Å². The molecule has 0 aliphatic carbocycles. The highest BCUT2D eigenvalue weighted by Gasteiger charge is 2.42. The summed E-state index contributed by atoms with van der Waals surface area (Å²) >= 11 is 0. The topological polar surface area (TPSA) is 91.3 Å². The lowest BCUT2D eigenvalue weighted by Crippen LogP contribution is -2.29. The third kappa shape index (κ3) is 4.10. The Labute approximate surface area is 203 Å². The van der Waals surface area contributed by atoms with Crippen LogP contribution in [0.3, 0.4) is 0 Å². The largest absolute Gasteiger partial charge is 0.507 e. The highest BCUT2D eigenvalue weighted by Crippen LogP contribution is 2.45. The maximum absolute atomic E-state index is 13.5. The van der Waals surface area contributed by atoms with Crippen LogP contribution in [0.1, 0.15) is 45.7 Å². The summed E-state index contributed by atoms with van der Waals surface area (Å²) in [6.45, 7) is 4.83. The van der Waals surface area contributed by atoms with Gasteiger partial charge in [-0.25, -0.2) is 0 Å². The fourth-order valence-corrected chi connectivity index (χ4v) is 4.38. The van der Waals surface area contributed by atoms with Crippen LogP contribution in [0.2, 0.25) is 0 Å². The molecule has 1 amide bonds. The summed E-state index contributed by atoms with van der Waals surface area (Å²) in [5.74, 6) is 0.710. The first-order valence-corrected chi connectivity index (χ1v) is 10.9. The van der Waals surface area contributed by atoms with Gasteiger partial charge in [-0.1, -0.05) is 29.8 Å². The van der Waals surface area contributed by atoms with E-state index in [9.17, 15) is 9.90 Å². The molecule has 8 heteroatoms. The molecular weight excluding hydrogens is 452 g/mol. The predicted octanol–water partition coefficient (Wildman–Crippen LogP) is 5.05. The second-order valence-electron chi connectivity index (χ2n) is 8.08. The Morgan fingerprint density at radius 1 is 1.15 bits per heavy atom. The number of aromatic nitrogens is 3. The first-order chi connectivity index (χ1) is 16.1. The molecule has 1 unspecified atom stereocenters. The fourth-order valence-electron chi connectivity index (χ4n) is 4.38. The number of hydrogen-bond acceptors (Lipinski definition) is 5. The number of hydrogen-bond donors (Lipinski definition) is 2. The molecule has 0 saturated heterocycles. The number of phenols is 1. The molecule has 2 aromatic heterocycles. The number of carbonyl (C=O) groups is 1. The number of phenolic OH excluding ortho intramolecular Hbond substituents is 1. The number of nitrogens with one attached hydrogen (secondary N) is 1. The summed E-state index contributed by atoms with van der Waals surface area (Å²) in [6, 6.07) is 16.6. The number of aromatic hydroxyl groups is 1. The number of nitrogens with zero attached hydrogens (tertiary/aromatic N) is 3. The Morgan fingerprint density at radius 3 is 2.76 bits per heavy atom. The van der Waals surface area contributed by atoms with Crippen molar-refractivity contribution in [3.8, 4) is 22.8 Å². The van der Waals surface area contributed by atoms with Gasteiger partial charge in [-0.05, 0) is 55.3 Å². The zero-order chi connectivity index (χ0) is 22.9. The van der Waals surface area contributed by atoms with Gasteiger partial charge in [0.15, 0.2) is 0 Å². The third-order valence-corrected chi connectivity index (χ3v) is 5.83. The Morgan fingerprint density at radius 2 is 2.00 bits per heavy atom. The smallest absolute Gasteiger partial charge is 0.273 e. The summed E-state index contributed by atoms with van der Waals surface area (Å²) in [4.78, 5) is 19.5. The van der Waals surface area contributed by atoms with Crippen molar-refractivity contribution in [1.82, 2.24) is 20.1 Å². The van der Waals surface area contributed by atoms with E-state index < -0.39 is 6.04 Å². The molecule has 1 atom stereocenters. The van der Waals surface area contributed by atoms with Crippen molar-refractivity contribution in [2.24, 2.45) is 0 Å². The van der Waals surface area contributed by atoms with Crippen LogP contribution in [0.25, 0.3) is 11.3 Å². The number of carbonyl (C=O) groups excluding carboxylic acids is 1. The second kappa shape index (κ2) is 9.57. The number of rotatable bonds is 6. The minimum Gasteiger partial charge on any atom is -0.507 e. The number of aryl methyl sites for hydroxylation is 1. The number of ether oxygens (including phenoxy) is 1. The van der Waals surface area contributed by atoms with E-state index in [1.165, 1.54) is 0 Å². The lowest BCUT2D eigenvalue weighted by molar-refractivity contribution is 0.0729. The van der Waals surface area contributed by atoms with Crippen LogP contribution in [0.5, 0.6) is 11.5 Å². The van der Waals surface area contributed by atoms with Gasteiger partial charge in [0, 0.05) is 30.1 Å². The summed E-state index contributed by atoms with van der Waals surface area (Å²) < 4.78 is 5.73. The highest BCUT2D eigenvalue weighted by molar-refractivity contribution is 6.00. The fraction of sp³-hybridized carbons (Fsp3) is 0.192. The molecule has 0 spiro atoms. The average Bonchev–Trinajstić information content (AvgIpc) is 3.36. The van der Waals surface area contributed by atoms with Crippen LogP contribution in [-0.4, -0.2) is 37.7 Å². The van der Waals surface area contributed by atoms with E-state index in [-0.39, 0.29) is 24.1 Å². The normalized spacial score (nSPS) is 14.6. The molecule has 1 aliphatic heterocycles. The van der Waals surface area contributed by atoms with Crippen molar-refractivity contribution in [2.45, 2.75) is 26.4 Å². The van der Waals surface area contributed by atoms with E-state index in [0.29, 0.717) is 30.1 Å². The van der Waals surface area contributed by atoms with Gasteiger partial charge in [-0.15, -0.1) is 12.4 Å². The Kier molecular flexibility index (Phi) is 6.56. The van der Waals surface area contributed by atoms with E-state index in [4.69, 9.17) is 4.74 Å². The summed E-state index contributed by atoms with van der Waals surface area (Å²) in [6.07, 6.45) is 3.47. The first-order valence-electron chi connectivity index (χ1n) is 10.9. The van der Waals surface area contributed by atoms with Gasteiger partial charge >= 0.3 is 0 Å². The molecule has 0 bridgehead atoms. The molecule has 0 fully saturated rings. The molecule has 7 nitrogen and oxygen atoms in total. The number of aromatic amines is 1. The molecule has 174 valence electrons. The maximum Gasteiger partial charge on any atom is 0.273 e. The van der Waals surface area contributed by atoms with Gasteiger partial charge in [0.1, 0.15) is 22.9 Å². The zero-order valence-electron chi connectivity index (χ0n) is 18.9. The molecule has 0 radical (unpaired) electrons. The van der Waals surface area contributed by atoms with Crippen LogP contribution in [-0.2, 0) is 6.54 Å². The minimum absolute atomic E-state index is 0. The quantitative estimate of drug-likeness (QED) is 0.406. The summed E-state index contributed by atoms with van der Waals surface area (Å²) in [7, 11) is 0. The van der Waals surface area contributed by atoms with Crippen LogP contribution in [0, 0.1) is 6.92 Å². The number of H-pyrrole nitrogens is 1. The van der Waals surface area contributed by atoms with Crippen molar-refractivity contribution >= 4 is 18.3 Å². The van der Waals surface area contributed by atoms with E-state index in [1.54, 1.807) is 23.4 Å². The van der Waals surface area contributed by atoms with Crippen molar-refractivity contribution in [1.29, 1.82) is 0 Å². The van der Waals surface area contributed by atoms with Crippen molar-refractivity contribution in [3.05, 3.63) is 94.9 Å². The van der Waals surface area contributed by atoms with Gasteiger partial charge in [0.25, 0.3) is 5.91 Å². The van der Waals surface area contributed by atoms with Gasteiger partial charge in [0.05, 0.1) is 12.6 Å². The van der Waals surface area contributed by atoms with Crippen LogP contribution in [0.4, 0.5) is 0 Å². The van der Waals surface area contributed by atoms with Crippen LogP contribution in [0.15, 0.2) is 67.0 Å². The van der Waals surface area contributed by atoms with E-state index in [1.807, 2.05) is 62.4 Å². The number of amides is 1. The average molecular weight is 477 g/mol.